The molecule has 18 heavy (non-hydrogen) atoms. The molecule has 1 aromatic rings. The molecule has 98 valence electrons. The van der Waals surface area contributed by atoms with Gasteiger partial charge >= 0.3 is 0 Å². The molecule has 2 rings (SSSR count). The van der Waals surface area contributed by atoms with Crippen molar-refractivity contribution < 1.29 is 9.90 Å². The van der Waals surface area contributed by atoms with E-state index < -0.39 is 0 Å². The molecule has 4 heteroatoms. The molecule has 1 heterocycles. The third kappa shape index (κ3) is 2.53. The van der Waals surface area contributed by atoms with Crippen molar-refractivity contribution in [2.45, 2.75) is 39.2 Å². The minimum atomic E-state index is -0.195. The normalized spacial score (nSPS) is 27.2. The molecule has 0 bridgehead atoms. The van der Waals surface area contributed by atoms with Crippen LogP contribution in [0.15, 0.2) is 18.2 Å². The molecule has 1 fully saturated rings. The van der Waals surface area contributed by atoms with Gasteiger partial charge in [0.1, 0.15) is 5.69 Å². The van der Waals surface area contributed by atoms with E-state index in [-0.39, 0.29) is 24.0 Å². The lowest BCUT2D eigenvalue weighted by Gasteiger charge is -2.29. The third-order valence-electron chi connectivity index (χ3n) is 3.87. The first-order valence-electron chi connectivity index (χ1n) is 6.40. The molecule has 0 spiro atoms. The Kier molecular flexibility index (Phi) is 3.66. The van der Waals surface area contributed by atoms with E-state index in [4.69, 9.17) is 0 Å². The quantitative estimate of drug-likeness (QED) is 0.855. The fourth-order valence-corrected chi connectivity index (χ4v) is 2.57. The van der Waals surface area contributed by atoms with Gasteiger partial charge in [-0.25, -0.2) is 4.98 Å². The summed E-state index contributed by atoms with van der Waals surface area (Å²) in [7, 11) is 0. The summed E-state index contributed by atoms with van der Waals surface area (Å²) < 4.78 is 0. The highest BCUT2D eigenvalue weighted by Crippen LogP contribution is 2.37. The summed E-state index contributed by atoms with van der Waals surface area (Å²) >= 11 is 0. The highest BCUT2D eigenvalue weighted by atomic mass is 16.3. The fourth-order valence-electron chi connectivity index (χ4n) is 2.57. The number of hydrogen-bond donors (Lipinski definition) is 2. The number of nitrogens with one attached hydrogen (secondary N) is 1. The second-order valence-corrected chi connectivity index (χ2v) is 5.39. The summed E-state index contributed by atoms with van der Waals surface area (Å²) in [5.74, 6) is -0.148. The molecule has 2 N–H and O–H groups in total. The van der Waals surface area contributed by atoms with Crippen molar-refractivity contribution >= 4 is 5.91 Å². The van der Waals surface area contributed by atoms with Gasteiger partial charge in [-0.15, -0.1) is 0 Å². The van der Waals surface area contributed by atoms with Crippen LogP contribution in [0.2, 0.25) is 0 Å². The maximum Gasteiger partial charge on any atom is 0.270 e. The molecule has 2 atom stereocenters. The fraction of sp³-hybridized carbons (Fsp3) is 0.571. The van der Waals surface area contributed by atoms with Gasteiger partial charge in [0.05, 0.1) is 6.61 Å². The van der Waals surface area contributed by atoms with Crippen molar-refractivity contribution in [2.24, 2.45) is 5.41 Å². The molecule has 1 aromatic heterocycles. The molecule has 0 saturated heterocycles. The molecule has 0 aliphatic heterocycles. The Hall–Kier alpha value is -1.42. The van der Waals surface area contributed by atoms with Crippen LogP contribution in [0.25, 0.3) is 0 Å². The Morgan fingerprint density at radius 1 is 1.61 bits per heavy atom. The van der Waals surface area contributed by atoms with Crippen molar-refractivity contribution in [3.8, 4) is 0 Å². The van der Waals surface area contributed by atoms with Crippen LogP contribution in [0.3, 0.4) is 0 Å². The zero-order chi connectivity index (χ0) is 13.2. The SMILES string of the molecule is Cc1cccc(C(=O)NC2CCCC2(C)CO)n1. The van der Waals surface area contributed by atoms with Gasteiger partial charge in [0.2, 0.25) is 0 Å². The van der Waals surface area contributed by atoms with E-state index >= 15 is 0 Å². The minimum absolute atomic E-state index is 0.0392. The lowest BCUT2D eigenvalue weighted by molar-refractivity contribution is 0.0826. The summed E-state index contributed by atoms with van der Waals surface area (Å²) in [4.78, 5) is 16.3. The molecule has 1 aliphatic carbocycles. The zero-order valence-corrected chi connectivity index (χ0v) is 10.9. The number of rotatable bonds is 3. The van der Waals surface area contributed by atoms with Gasteiger partial charge in [-0.05, 0) is 31.9 Å². The van der Waals surface area contributed by atoms with Crippen LogP contribution >= 0.6 is 0 Å². The molecule has 1 aliphatic rings. The predicted octanol–water partition coefficient (Wildman–Crippen LogP) is 1.67. The summed E-state index contributed by atoms with van der Waals surface area (Å²) in [6, 6.07) is 5.45. The van der Waals surface area contributed by atoms with Crippen molar-refractivity contribution in [3.63, 3.8) is 0 Å². The summed E-state index contributed by atoms with van der Waals surface area (Å²) in [6.45, 7) is 4.00. The molecule has 4 nitrogen and oxygen atoms in total. The molecular formula is C14H20N2O2. The number of amides is 1. The van der Waals surface area contributed by atoms with Crippen LogP contribution in [0.1, 0.15) is 42.4 Å². The molecule has 2 unspecified atom stereocenters. The Morgan fingerprint density at radius 3 is 3.06 bits per heavy atom. The van der Waals surface area contributed by atoms with Crippen molar-refractivity contribution in [1.82, 2.24) is 10.3 Å². The van der Waals surface area contributed by atoms with E-state index in [0.29, 0.717) is 5.69 Å². The Morgan fingerprint density at radius 2 is 2.39 bits per heavy atom. The number of carbonyl (C=O) groups excluding carboxylic acids is 1. The van der Waals surface area contributed by atoms with Crippen LogP contribution in [0.5, 0.6) is 0 Å². The maximum absolute atomic E-state index is 12.1. The average molecular weight is 248 g/mol. The van der Waals surface area contributed by atoms with E-state index in [1.54, 1.807) is 6.07 Å². The smallest absolute Gasteiger partial charge is 0.270 e. The topological polar surface area (TPSA) is 62.2 Å². The van der Waals surface area contributed by atoms with E-state index in [1.165, 1.54) is 0 Å². The Labute approximate surface area is 107 Å². The number of aromatic nitrogens is 1. The highest BCUT2D eigenvalue weighted by molar-refractivity contribution is 5.92. The lowest BCUT2D eigenvalue weighted by Crippen LogP contribution is -2.45. The standard InChI is InChI=1S/C14H20N2O2/c1-10-5-3-6-11(15-10)13(18)16-12-7-4-8-14(12,2)9-17/h3,5-6,12,17H,4,7-9H2,1-2H3,(H,16,18). The summed E-state index contributed by atoms with van der Waals surface area (Å²) in [5.41, 5.74) is 1.08. The van der Waals surface area contributed by atoms with E-state index in [1.807, 2.05) is 26.0 Å². The van der Waals surface area contributed by atoms with Crippen LogP contribution in [0.4, 0.5) is 0 Å². The third-order valence-corrected chi connectivity index (χ3v) is 3.87. The van der Waals surface area contributed by atoms with Gasteiger partial charge in [-0.1, -0.05) is 19.4 Å². The predicted molar refractivity (Wildman–Crippen MR) is 69.3 cm³/mol. The van der Waals surface area contributed by atoms with Gasteiger partial charge in [-0.2, -0.15) is 0 Å². The number of hydrogen-bond acceptors (Lipinski definition) is 3. The monoisotopic (exact) mass is 248 g/mol. The number of aliphatic hydroxyl groups is 1. The molecule has 1 amide bonds. The van der Waals surface area contributed by atoms with Gasteiger partial charge in [0, 0.05) is 17.2 Å². The van der Waals surface area contributed by atoms with E-state index in [2.05, 4.69) is 10.3 Å². The van der Waals surface area contributed by atoms with Crippen molar-refractivity contribution in [1.29, 1.82) is 0 Å². The minimum Gasteiger partial charge on any atom is -0.396 e. The van der Waals surface area contributed by atoms with Crippen LogP contribution in [-0.2, 0) is 0 Å². The second kappa shape index (κ2) is 5.06. The number of aryl methyl sites for hydroxylation is 1. The van der Waals surface area contributed by atoms with Crippen LogP contribution in [-0.4, -0.2) is 28.6 Å². The van der Waals surface area contributed by atoms with Crippen LogP contribution < -0.4 is 5.32 Å². The molecule has 0 aromatic carbocycles. The van der Waals surface area contributed by atoms with Crippen molar-refractivity contribution in [2.75, 3.05) is 6.61 Å². The Balaban J connectivity index is 2.08. The first-order valence-corrected chi connectivity index (χ1v) is 6.40. The number of pyridine rings is 1. The van der Waals surface area contributed by atoms with Gasteiger partial charge < -0.3 is 10.4 Å². The Bertz CT molecular complexity index is 447. The molecule has 0 radical (unpaired) electrons. The first kappa shape index (κ1) is 13.0. The lowest BCUT2D eigenvalue weighted by atomic mass is 9.86. The maximum atomic E-state index is 12.1. The van der Waals surface area contributed by atoms with Gasteiger partial charge in [0.15, 0.2) is 0 Å². The largest absolute Gasteiger partial charge is 0.396 e. The zero-order valence-electron chi connectivity index (χ0n) is 10.9. The number of nitrogens with zero attached hydrogens (tertiary/aromatic N) is 1. The second-order valence-electron chi connectivity index (χ2n) is 5.39. The van der Waals surface area contributed by atoms with E-state index in [9.17, 15) is 9.90 Å². The summed E-state index contributed by atoms with van der Waals surface area (Å²) in [6.07, 6.45) is 2.92. The molecular weight excluding hydrogens is 228 g/mol. The summed E-state index contributed by atoms with van der Waals surface area (Å²) in [5, 5.41) is 12.5. The van der Waals surface area contributed by atoms with Crippen molar-refractivity contribution in [3.05, 3.63) is 29.6 Å². The van der Waals surface area contributed by atoms with Gasteiger partial charge in [0.25, 0.3) is 5.91 Å². The van der Waals surface area contributed by atoms with E-state index in [0.717, 1.165) is 25.0 Å². The highest BCUT2D eigenvalue weighted by Gasteiger charge is 2.39. The van der Waals surface area contributed by atoms with Gasteiger partial charge in [-0.3, -0.25) is 4.79 Å². The average Bonchev–Trinajstić information content (AvgIpc) is 2.72. The first-order chi connectivity index (χ1) is 8.55. The number of carbonyl (C=O) groups is 1. The molecule has 1 saturated carbocycles. The van der Waals surface area contributed by atoms with Crippen LogP contribution in [0, 0.1) is 12.3 Å². The number of aliphatic hydroxyl groups excluding tert-OH is 1.